The lowest BCUT2D eigenvalue weighted by Crippen LogP contribution is -2.02. The van der Waals surface area contributed by atoms with Crippen LogP contribution in [0.3, 0.4) is 0 Å². The van der Waals surface area contributed by atoms with E-state index in [1.54, 1.807) is 12.1 Å². The highest BCUT2D eigenvalue weighted by molar-refractivity contribution is 6.30. The number of fused-ring (bicyclic) bond motifs is 1. The molecule has 1 heterocycles. The van der Waals surface area contributed by atoms with Crippen molar-refractivity contribution < 1.29 is 9.53 Å². The Bertz CT molecular complexity index is 1140. The molecule has 0 aliphatic heterocycles. The van der Waals surface area contributed by atoms with Crippen LogP contribution < -0.4 is 5.32 Å². The van der Waals surface area contributed by atoms with Crippen LogP contribution in [0.2, 0.25) is 5.02 Å². The van der Waals surface area contributed by atoms with Crippen molar-refractivity contribution in [1.82, 2.24) is 4.98 Å². The fraction of sp³-hybridized carbons (Fsp3) is 0.0435. The highest BCUT2D eigenvalue weighted by atomic mass is 35.5. The van der Waals surface area contributed by atoms with Crippen LogP contribution in [0.15, 0.2) is 78.9 Å². The van der Waals surface area contributed by atoms with Gasteiger partial charge < -0.3 is 10.1 Å². The molecule has 0 aliphatic carbocycles. The second-order valence-electron chi connectivity index (χ2n) is 6.28. The van der Waals surface area contributed by atoms with Crippen LogP contribution in [-0.4, -0.2) is 18.1 Å². The summed E-state index contributed by atoms with van der Waals surface area (Å²) in [4.78, 5) is 16.7. The monoisotopic (exact) mass is 388 g/mol. The molecule has 0 saturated heterocycles. The number of methoxy groups -OCH3 is 1. The average molecular weight is 389 g/mol. The number of hydrogen-bond donors (Lipinski definition) is 1. The van der Waals surface area contributed by atoms with E-state index in [1.165, 1.54) is 7.11 Å². The van der Waals surface area contributed by atoms with E-state index in [2.05, 4.69) is 5.32 Å². The van der Waals surface area contributed by atoms with Gasteiger partial charge in [0.05, 0.1) is 29.6 Å². The molecule has 5 heteroatoms. The van der Waals surface area contributed by atoms with Crippen LogP contribution in [0.1, 0.15) is 10.4 Å². The highest BCUT2D eigenvalue weighted by Gasteiger charge is 2.12. The lowest BCUT2D eigenvalue weighted by molar-refractivity contribution is 0.0601. The Morgan fingerprint density at radius 2 is 1.71 bits per heavy atom. The van der Waals surface area contributed by atoms with Gasteiger partial charge in [0.25, 0.3) is 0 Å². The van der Waals surface area contributed by atoms with Gasteiger partial charge in [-0.1, -0.05) is 41.9 Å². The SMILES string of the molecule is COC(=O)c1ccc2nc(-c3ccccc3)cc(Nc3ccc(Cl)cc3)c2c1. The maximum absolute atomic E-state index is 12.0. The molecule has 0 atom stereocenters. The van der Waals surface area contributed by atoms with E-state index in [1.807, 2.05) is 66.7 Å². The molecule has 0 bridgehead atoms. The van der Waals surface area contributed by atoms with E-state index in [4.69, 9.17) is 21.3 Å². The zero-order chi connectivity index (χ0) is 19.5. The van der Waals surface area contributed by atoms with Gasteiger partial charge in [-0.25, -0.2) is 9.78 Å². The van der Waals surface area contributed by atoms with Crippen LogP contribution >= 0.6 is 11.6 Å². The maximum Gasteiger partial charge on any atom is 0.337 e. The molecule has 4 rings (SSSR count). The van der Waals surface area contributed by atoms with Crippen molar-refractivity contribution in [3.63, 3.8) is 0 Å². The molecule has 0 spiro atoms. The van der Waals surface area contributed by atoms with Crippen LogP contribution in [0.5, 0.6) is 0 Å². The number of pyridine rings is 1. The highest BCUT2D eigenvalue weighted by Crippen LogP contribution is 2.31. The molecule has 1 N–H and O–H groups in total. The van der Waals surface area contributed by atoms with Gasteiger partial charge >= 0.3 is 5.97 Å². The number of carbonyl (C=O) groups is 1. The van der Waals surface area contributed by atoms with Gasteiger partial charge in [-0.2, -0.15) is 0 Å². The molecule has 4 nitrogen and oxygen atoms in total. The minimum absolute atomic E-state index is 0.383. The first-order chi connectivity index (χ1) is 13.6. The van der Waals surface area contributed by atoms with E-state index < -0.39 is 0 Å². The lowest BCUT2D eigenvalue weighted by Gasteiger charge is -2.13. The molecule has 1 aromatic heterocycles. The molecular formula is C23H17ClN2O2. The molecule has 4 aromatic rings. The topological polar surface area (TPSA) is 51.2 Å². The molecule has 0 unspecified atom stereocenters. The van der Waals surface area contributed by atoms with Crippen molar-refractivity contribution >= 4 is 39.8 Å². The molecule has 138 valence electrons. The third kappa shape index (κ3) is 3.68. The predicted molar refractivity (Wildman–Crippen MR) is 113 cm³/mol. The first-order valence-electron chi connectivity index (χ1n) is 8.75. The van der Waals surface area contributed by atoms with Gasteiger partial charge in [-0.3, -0.25) is 0 Å². The number of esters is 1. The van der Waals surface area contributed by atoms with Crippen molar-refractivity contribution in [3.8, 4) is 11.3 Å². The zero-order valence-electron chi connectivity index (χ0n) is 15.1. The third-order valence-corrected chi connectivity index (χ3v) is 4.67. The number of nitrogens with one attached hydrogen (secondary N) is 1. The van der Waals surface area contributed by atoms with Gasteiger partial charge in [-0.05, 0) is 48.5 Å². The number of halogens is 1. The Morgan fingerprint density at radius 3 is 2.43 bits per heavy atom. The standard InChI is InChI=1S/C23H17ClN2O2/c1-28-23(27)16-7-12-20-19(13-16)22(25-18-10-8-17(24)9-11-18)14-21(26-20)15-5-3-2-4-6-15/h2-14H,1H3,(H,25,26). The van der Waals surface area contributed by atoms with Crippen molar-refractivity contribution in [2.45, 2.75) is 0 Å². The summed E-state index contributed by atoms with van der Waals surface area (Å²) in [5, 5.41) is 4.92. The third-order valence-electron chi connectivity index (χ3n) is 4.42. The summed E-state index contributed by atoms with van der Waals surface area (Å²) in [6, 6.07) is 24.8. The summed E-state index contributed by atoms with van der Waals surface area (Å²) in [7, 11) is 1.37. The number of hydrogen-bond acceptors (Lipinski definition) is 4. The summed E-state index contributed by atoms with van der Waals surface area (Å²) in [6.45, 7) is 0. The molecular weight excluding hydrogens is 372 g/mol. The summed E-state index contributed by atoms with van der Waals surface area (Å²) in [6.07, 6.45) is 0. The van der Waals surface area contributed by atoms with Gasteiger partial charge in [0.2, 0.25) is 0 Å². The van der Waals surface area contributed by atoms with Crippen molar-refractivity contribution in [2.75, 3.05) is 12.4 Å². The van der Waals surface area contributed by atoms with E-state index in [-0.39, 0.29) is 5.97 Å². The normalized spacial score (nSPS) is 10.6. The van der Waals surface area contributed by atoms with Crippen molar-refractivity contribution in [3.05, 3.63) is 89.4 Å². The Balaban J connectivity index is 1.88. The summed E-state index contributed by atoms with van der Waals surface area (Å²) in [5.74, 6) is -0.383. The quantitative estimate of drug-likeness (QED) is 0.430. The Kier molecular flexibility index (Phi) is 4.96. The van der Waals surface area contributed by atoms with Gasteiger partial charge in [-0.15, -0.1) is 0 Å². The van der Waals surface area contributed by atoms with Crippen LogP contribution in [0, 0.1) is 0 Å². The molecule has 0 saturated carbocycles. The number of carbonyl (C=O) groups excluding carboxylic acids is 1. The fourth-order valence-corrected chi connectivity index (χ4v) is 3.15. The minimum Gasteiger partial charge on any atom is -0.465 e. The maximum atomic E-state index is 12.0. The zero-order valence-corrected chi connectivity index (χ0v) is 15.9. The number of anilines is 2. The van der Waals surface area contributed by atoms with E-state index in [9.17, 15) is 4.79 Å². The summed E-state index contributed by atoms with van der Waals surface area (Å²) in [5.41, 5.74) is 4.85. The number of ether oxygens (including phenoxy) is 1. The lowest BCUT2D eigenvalue weighted by atomic mass is 10.1. The van der Waals surface area contributed by atoms with Crippen LogP contribution in [-0.2, 0) is 4.74 Å². The van der Waals surface area contributed by atoms with Gasteiger partial charge in [0, 0.05) is 21.7 Å². The summed E-state index contributed by atoms with van der Waals surface area (Å²) >= 11 is 6.00. The predicted octanol–water partition coefficient (Wildman–Crippen LogP) is 6.09. The van der Waals surface area contributed by atoms with Crippen molar-refractivity contribution in [2.24, 2.45) is 0 Å². The molecule has 0 aliphatic rings. The van der Waals surface area contributed by atoms with E-state index in [0.29, 0.717) is 10.6 Å². The van der Waals surface area contributed by atoms with Gasteiger partial charge in [0.1, 0.15) is 0 Å². The number of rotatable bonds is 4. The molecule has 28 heavy (non-hydrogen) atoms. The van der Waals surface area contributed by atoms with Gasteiger partial charge in [0.15, 0.2) is 0 Å². The first-order valence-corrected chi connectivity index (χ1v) is 9.13. The minimum atomic E-state index is -0.383. The average Bonchev–Trinajstić information content (AvgIpc) is 2.75. The van der Waals surface area contributed by atoms with Crippen LogP contribution in [0.4, 0.5) is 11.4 Å². The van der Waals surface area contributed by atoms with E-state index in [0.717, 1.165) is 33.5 Å². The molecule has 0 fully saturated rings. The molecule has 0 radical (unpaired) electrons. The number of benzene rings is 3. The van der Waals surface area contributed by atoms with Crippen LogP contribution in [0.25, 0.3) is 22.2 Å². The van der Waals surface area contributed by atoms with E-state index >= 15 is 0 Å². The fourth-order valence-electron chi connectivity index (χ4n) is 3.02. The Hall–Kier alpha value is -3.37. The second kappa shape index (κ2) is 7.71. The Morgan fingerprint density at radius 1 is 0.964 bits per heavy atom. The molecule has 3 aromatic carbocycles. The Labute approximate surface area is 167 Å². The number of nitrogens with zero attached hydrogens (tertiary/aromatic N) is 1. The first kappa shape index (κ1) is 18.0. The largest absolute Gasteiger partial charge is 0.465 e. The molecule has 0 amide bonds. The summed E-state index contributed by atoms with van der Waals surface area (Å²) < 4.78 is 4.86. The second-order valence-corrected chi connectivity index (χ2v) is 6.71. The van der Waals surface area contributed by atoms with Crippen molar-refractivity contribution in [1.29, 1.82) is 0 Å². The number of aromatic nitrogens is 1. The smallest absolute Gasteiger partial charge is 0.337 e.